The Bertz CT molecular complexity index is 552. The third kappa shape index (κ3) is 1.53. The monoisotopic (exact) mass is 234 g/mol. The van der Waals surface area contributed by atoms with Gasteiger partial charge >= 0.3 is 0 Å². The number of nitrogens with zero attached hydrogens (tertiary/aromatic N) is 2. The van der Waals surface area contributed by atoms with Crippen molar-refractivity contribution in [3.05, 3.63) is 17.0 Å². The van der Waals surface area contributed by atoms with Crippen molar-refractivity contribution in [1.82, 2.24) is 9.78 Å². The van der Waals surface area contributed by atoms with Gasteiger partial charge in [0.25, 0.3) is 0 Å². The number of Topliss-reactive ketones (excluding diaryl/α,β-unsaturated/α-hetero) is 2. The van der Waals surface area contributed by atoms with Crippen LogP contribution in [0.5, 0.6) is 0 Å². The van der Waals surface area contributed by atoms with Crippen molar-refractivity contribution in [1.29, 1.82) is 0 Å². The number of hydrogen-bond donors (Lipinski definition) is 0. The van der Waals surface area contributed by atoms with Crippen LogP contribution in [0, 0.1) is 12.3 Å². The minimum Gasteiger partial charge on any atom is -0.290 e. The van der Waals surface area contributed by atoms with E-state index in [9.17, 15) is 14.4 Å². The summed E-state index contributed by atoms with van der Waals surface area (Å²) >= 11 is 0. The second-order valence-electron chi connectivity index (χ2n) is 5.06. The highest BCUT2D eigenvalue weighted by molar-refractivity contribution is 6.46. The van der Waals surface area contributed by atoms with Gasteiger partial charge < -0.3 is 0 Å². The van der Waals surface area contributed by atoms with E-state index in [0.717, 1.165) is 0 Å². The Labute approximate surface area is 98.8 Å². The van der Waals surface area contributed by atoms with Crippen LogP contribution >= 0.6 is 0 Å². The summed E-state index contributed by atoms with van der Waals surface area (Å²) in [7, 11) is 0. The lowest BCUT2D eigenvalue weighted by Crippen LogP contribution is -2.38. The van der Waals surface area contributed by atoms with E-state index in [1.165, 1.54) is 11.6 Å². The largest absolute Gasteiger partial charge is 0.290 e. The van der Waals surface area contributed by atoms with Gasteiger partial charge in [0.1, 0.15) is 0 Å². The molecule has 0 saturated carbocycles. The molecule has 0 amide bonds. The van der Waals surface area contributed by atoms with Crippen LogP contribution in [0.15, 0.2) is 0 Å². The first-order valence-corrected chi connectivity index (χ1v) is 5.44. The molecule has 0 unspecified atom stereocenters. The number of ketones is 2. The van der Waals surface area contributed by atoms with Crippen molar-refractivity contribution in [3.63, 3.8) is 0 Å². The smallest absolute Gasteiger partial charge is 0.243 e. The van der Waals surface area contributed by atoms with Crippen LogP contribution in [0.2, 0.25) is 0 Å². The maximum Gasteiger partial charge on any atom is 0.243 e. The molecular weight excluding hydrogens is 220 g/mol. The molecule has 0 spiro atoms. The fraction of sp³-hybridized carbons (Fsp3) is 0.500. The Kier molecular flexibility index (Phi) is 2.31. The van der Waals surface area contributed by atoms with Crippen LogP contribution in [0.1, 0.15) is 47.3 Å². The van der Waals surface area contributed by atoms with E-state index in [1.54, 1.807) is 20.8 Å². The first-order chi connectivity index (χ1) is 7.75. The fourth-order valence-electron chi connectivity index (χ4n) is 2.21. The molecule has 1 aliphatic rings. The van der Waals surface area contributed by atoms with Crippen molar-refractivity contribution in [2.45, 2.75) is 34.1 Å². The molecule has 1 aliphatic carbocycles. The molecule has 1 heterocycles. The SMILES string of the molecule is CC(=O)n1nc2c(c1C)C(=O)C(=O)C(C)(C)C2. The lowest BCUT2D eigenvalue weighted by molar-refractivity contribution is -0.123. The minimum absolute atomic E-state index is 0.255. The van der Waals surface area contributed by atoms with E-state index in [4.69, 9.17) is 0 Å². The fourth-order valence-corrected chi connectivity index (χ4v) is 2.21. The third-order valence-electron chi connectivity index (χ3n) is 3.14. The maximum absolute atomic E-state index is 12.0. The van der Waals surface area contributed by atoms with Crippen molar-refractivity contribution >= 4 is 17.5 Å². The standard InChI is InChI=1S/C12H14N2O3/c1-6-9-8(13-14(6)7(2)15)5-12(3,4)11(17)10(9)16/h5H2,1-4H3. The predicted octanol–water partition coefficient (Wildman–Crippen LogP) is 1.19. The molecule has 0 N–H and O–H groups in total. The zero-order valence-corrected chi connectivity index (χ0v) is 10.3. The Morgan fingerprint density at radius 3 is 2.47 bits per heavy atom. The molecule has 0 fully saturated rings. The Morgan fingerprint density at radius 2 is 1.94 bits per heavy atom. The van der Waals surface area contributed by atoms with E-state index in [2.05, 4.69) is 5.10 Å². The van der Waals surface area contributed by atoms with Crippen molar-refractivity contribution < 1.29 is 14.4 Å². The highest BCUT2D eigenvalue weighted by Crippen LogP contribution is 2.32. The average Bonchev–Trinajstić information content (AvgIpc) is 2.52. The third-order valence-corrected chi connectivity index (χ3v) is 3.14. The zero-order valence-electron chi connectivity index (χ0n) is 10.3. The number of carbonyl (C=O) groups excluding carboxylic acids is 3. The van der Waals surface area contributed by atoms with E-state index in [-0.39, 0.29) is 5.91 Å². The summed E-state index contributed by atoms with van der Waals surface area (Å²) in [5, 5.41) is 4.12. The zero-order chi connectivity index (χ0) is 13.0. The highest BCUT2D eigenvalue weighted by atomic mass is 16.2. The summed E-state index contributed by atoms with van der Waals surface area (Å²) in [5.41, 5.74) is 0.588. The van der Waals surface area contributed by atoms with E-state index in [1.807, 2.05) is 0 Å². The molecule has 90 valence electrons. The summed E-state index contributed by atoms with van der Waals surface area (Å²) in [6, 6.07) is 0. The van der Waals surface area contributed by atoms with Crippen LogP contribution in [-0.4, -0.2) is 27.3 Å². The number of aromatic nitrogens is 2. The van der Waals surface area contributed by atoms with Crippen LogP contribution in [0.3, 0.4) is 0 Å². The Balaban J connectivity index is 2.67. The topological polar surface area (TPSA) is 69.0 Å². The molecule has 0 aromatic carbocycles. The molecule has 1 aromatic rings. The summed E-state index contributed by atoms with van der Waals surface area (Å²) in [4.78, 5) is 35.2. The maximum atomic E-state index is 12.0. The molecule has 0 bridgehead atoms. The molecule has 0 atom stereocenters. The van der Waals surface area contributed by atoms with Gasteiger partial charge in [-0.05, 0) is 6.92 Å². The van der Waals surface area contributed by atoms with Crippen LogP contribution in [-0.2, 0) is 11.2 Å². The van der Waals surface area contributed by atoms with Gasteiger partial charge in [-0.3, -0.25) is 14.4 Å². The van der Waals surface area contributed by atoms with Gasteiger partial charge in [0.15, 0.2) is 0 Å². The summed E-state index contributed by atoms with van der Waals surface area (Å²) in [6.45, 7) is 6.45. The van der Waals surface area contributed by atoms with Crippen LogP contribution in [0.25, 0.3) is 0 Å². The Morgan fingerprint density at radius 1 is 1.35 bits per heavy atom. The number of rotatable bonds is 0. The molecule has 0 saturated heterocycles. The summed E-state index contributed by atoms with van der Waals surface area (Å²) < 4.78 is 1.19. The second-order valence-corrected chi connectivity index (χ2v) is 5.06. The first kappa shape index (κ1) is 11.7. The van der Waals surface area contributed by atoms with Gasteiger partial charge in [0.2, 0.25) is 17.5 Å². The Hall–Kier alpha value is -1.78. The highest BCUT2D eigenvalue weighted by Gasteiger charge is 2.43. The lowest BCUT2D eigenvalue weighted by atomic mass is 9.74. The van der Waals surface area contributed by atoms with Crippen molar-refractivity contribution in [3.8, 4) is 0 Å². The number of hydrogen-bond acceptors (Lipinski definition) is 4. The van der Waals surface area contributed by atoms with Gasteiger partial charge in [-0.1, -0.05) is 13.8 Å². The van der Waals surface area contributed by atoms with Crippen LogP contribution < -0.4 is 0 Å². The van der Waals surface area contributed by atoms with Gasteiger partial charge in [0.05, 0.1) is 17.0 Å². The van der Waals surface area contributed by atoms with E-state index < -0.39 is 17.0 Å². The molecule has 5 heteroatoms. The van der Waals surface area contributed by atoms with E-state index in [0.29, 0.717) is 23.4 Å². The quantitative estimate of drug-likeness (QED) is 0.632. The molecule has 1 aromatic heterocycles. The number of fused-ring (bicyclic) bond motifs is 1. The van der Waals surface area contributed by atoms with Crippen LogP contribution in [0.4, 0.5) is 0 Å². The molecule has 5 nitrogen and oxygen atoms in total. The van der Waals surface area contributed by atoms with Gasteiger partial charge in [-0.15, -0.1) is 0 Å². The van der Waals surface area contributed by atoms with Crippen molar-refractivity contribution in [2.75, 3.05) is 0 Å². The molecule has 17 heavy (non-hydrogen) atoms. The predicted molar refractivity (Wildman–Crippen MR) is 60.1 cm³/mol. The normalized spacial score (nSPS) is 18.1. The van der Waals surface area contributed by atoms with Gasteiger partial charge in [-0.2, -0.15) is 5.10 Å². The molecule has 0 aliphatic heterocycles. The molecule has 0 radical (unpaired) electrons. The summed E-state index contributed by atoms with van der Waals surface area (Å²) in [6.07, 6.45) is 0.397. The van der Waals surface area contributed by atoms with E-state index >= 15 is 0 Å². The van der Waals surface area contributed by atoms with Gasteiger partial charge in [-0.25, -0.2) is 4.68 Å². The second kappa shape index (κ2) is 3.35. The van der Waals surface area contributed by atoms with Gasteiger partial charge in [0, 0.05) is 18.8 Å². The molecule has 2 rings (SSSR count). The number of carbonyl (C=O) groups is 3. The minimum atomic E-state index is -0.730. The lowest BCUT2D eigenvalue weighted by Gasteiger charge is -2.25. The average molecular weight is 234 g/mol. The van der Waals surface area contributed by atoms with Crippen molar-refractivity contribution in [2.24, 2.45) is 5.41 Å². The first-order valence-electron chi connectivity index (χ1n) is 5.44. The molecular formula is C12H14N2O3. The summed E-state index contributed by atoms with van der Waals surface area (Å²) in [5.74, 6) is -1.19.